The van der Waals surface area contributed by atoms with Crippen molar-refractivity contribution in [3.8, 4) is 17.2 Å². The fourth-order valence-electron chi connectivity index (χ4n) is 7.01. The van der Waals surface area contributed by atoms with Crippen LogP contribution in [-0.2, 0) is 30.2 Å². The number of phenolic OH excluding ortho intramolecular Hbond substituents is 2. The first-order valence-corrected chi connectivity index (χ1v) is 16.3. The smallest absolute Gasteiger partial charge is 0.223 e. The minimum absolute atomic E-state index is 0.00311. The molecule has 2 aliphatic heterocycles. The summed E-state index contributed by atoms with van der Waals surface area (Å²) in [6.07, 6.45) is -2.66. The van der Waals surface area contributed by atoms with Gasteiger partial charge >= 0.3 is 0 Å². The molecule has 2 aliphatic carbocycles. The van der Waals surface area contributed by atoms with Gasteiger partial charge in [0.2, 0.25) is 11.7 Å². The zero-order valence-corrected chi connectivity index (χ0v) is 27.5. The molecule has 6 rings (SSSR count). The minimum Gasteiger partial charge on any atom is -0.507 e. The molecular formula is C34H42FN3O10. The lowest BCUT2D eigenvalue weighted by Crippen LogP contribution is -2.48. The molecule has 6 atom stereocenters. The van der Waals surface area contributed by atoms with Gasteiger partial charge in [-0.25, -0.2) is 0 Å². The van der Waals surface area contributed by atoms with E-state index in [-0.39, 0.29) is 77.6 Å². The fourth-order valence-corrected chi connectivity index (χ4v) is 7.01. The number of phenols is 2. The molecule has 2 saturated heterocycles. The molecule has 0 spiro atoms. The fraction of sp³-hybridized carbons (Fsp3) is 0.559. The number of hydrogen-bond acceptors (Lipinski definition) is 12. The Morgan fingerprint density at radius 2 is 1.88 bits per heavy atom. The van der Waals surface area contributed by atoms with Crippen molar-refractivity contribution in [3.63, 3.8) is 0 Å². The number of ether oxygens (including phenoxy) is 5. The van der Waals surface area contributed by atoms with Crippen LogP contribution in [-0.4, -0.2) is 116 Å². The Morgan fingerprint density at radius 3 is 2.58 bits per heavy atom. The maximum Gasteiger partial charge on any atom is 0.223 e. The number of carbonyl (C=O) groups is 3. The second-order valence-electron chi connectivity index (χ2n) is 12.9. The summed E-state index contributed by atoms with van der Waals surface area (Å²) >= 11 is 0. The number of methoxy groups -OCH3 is 1. The lowest BCUT2D eigenvalue weighted by molar-refractivity contribution is -0.283. The van der Waals surface area contributed by atoms with Crippen molar-refractivity contribution in [1.29, 1.82) is 0 Å². The highest BCUT2D eigenvalue weighted by molar-refractivity contribution is 6.31. The van der Waals surface area contributed by atoms with Gasteiger partial charge in [-0.2, -0.15) is 0 Å². The van der Waals surface area contributed by atoms with E-state index in [1.807, 2.05) is 19.0 Å². The van der Waals surface area contributed by atoms with Crippen LogP contribution in [0.1, 0.15) is 75.3 Å². The molecule has 1 amide bonds. The van der Waals surface area contributed by atoms with Crippen LogP contribution in [0, 0.1) is 5.92 Å². The lowest BCUT2D eigenvalue weighted by Gasteiger charge is -2.40. The second kappa shape index (κ2) is 14.1. The number of nitrogens with one attached hydrogen (secondary N) is 1. The topological polar surface area (TPSA) is 156 Å². The standard InChI is InChI=1S/C34H42FN3O10/c1-17-21(47-24-16-45-13-12-38(24)35)8-9-25(46-17)48-23-15-18(34(43)36-10-11-37(2)3)14-20-27(23)33(42)29-28(31(20)40)30(39)19-6-5-7-22(44-4)26(19)32(29)41/h5-7,17-18,21,23-25,40,42H,8-16H2,1-4H3,(H,36,43)/t17-,18?,21-,23-,24?,25?/m0/s1. The third-order valence-electron chi connectivity index (χ3n) is 9.51. The van der Waals surface area contributed by atoms with Crippen LogP contribution in [0.2, 0.25) is 0 Å². The van der Waals surface area contributed by atoms with Crippen LogP contribution < -0.4 is 10.1 Å². The van der Waals surface area contributed by atoms with Crippen LogP contribution in [0.25, 0.3) is 0 Å². The van der Waals surface area contributed by atoms with Gasteiger partial charge in [0, 0.05) is 42.1 Å². The molecule has 0 saturated carbocycles. The summed E-state index contributed by atoms with van der Waals surface area (Å²) in [4.78, 5) is 43.0. The van der Waals surface area contributed by atoms with E-state index in [4.69, 9.17) is 23.7 Å². The highest BCUT2D eigenvalue weighted by Gasteiger charge is 2.45. The zero-order chi connectivity index (χ0) is 34.3. The number of carbonyl (C=O) groups excluding carboxylic acids is 3. The van der Waals surface area contributed by atoms with Crippen molar-refractivity contribution in [2.45, 2.75) is 63.4 Å². The number of ketones is 2. The number of morpholine rings is 1. The van der Waals surface area contributed by atoms with E-state index in [1.165, 1.54) is 13.2 Å². The molecule has 2 aromatic rings. The molecule has 2 aromatic carbocycles. The van der Waals surface area contributed by atoms with E-state index in [0.29, 0.717) is 31.1 Å². The SMILES string of the molecule is COc1cccc2c1C(=O)c1c(O)c3c(c(O)c1C2=O)CC(C(=O)NCCN(C)C)C[C@@H]3OC1CC[C@H](OC2COCCN2F)[C@H](C)O1. The van der Waals surface area contributed by atoms with Crippen molar-refractivity contribution in [1.82, 2.24) is 15.3 Å². The number of aromatic hydroxyl groups is 2. The summed E-state index contributed by atoms with van der Waals surface area (Å²) in [6.45, 7) is 3.28. The van der Waals surface area contributed by atoms with E-state index >= 15 is 0 Å². The van der Waals surface area contributed by atoms with Crippen molar-refractivity contribution in [3.05, 3.63) is 51.6 Å². The molecule has 2 fully saturated rings. The van der Waals surface area contributed by atoms with Gasteiger partial charge < -0.3 is 44.1 Å². The van der Waals surface area contributed by atoms with Crippen molar-refractivity contribution >= 4 is 17.5 Å². The highest BCUT2D eigenvalue weighted by atomic mass is 19.2. The Kier molecular flexibility index (Phi) is 10.0. The Balaban J connectivity index is 1.32. The minimum atomic E-state index is -0.987. The van der Waals surface area contributed by atoms with E-state index in [2.05, 4.69) is 5.32 Å². The van der Waals surface area contributed by atoms with Gasteiger partial charge in [0.15, 0.2) is 18.3 Å². The van der Waals surface area contributed by atoms with Crippen molar-refractivity contribution in [2.75, 3.05) is 54.1 Å². The number of halogens is 1. The molecule has 0 bridgehead atoms. The monoisotopic (exact) mass is 671 g/mol. The number of rotatable bonds is 9. The molecule has 0 aromatic heterocycles. The molecule has 0 radical (unpaired) electrons. The van der Waals surface area contributed by atoms with Crippen LogP contribution in [0.3, 0.4) is 0 Å². The molecule has 3 N–H and O–H groups in total. The summed E-state index contributed by atoms with van der Waals surface area (Å²) in [6, 6.07) is 4.58. The Hall–Kier alpha value is -3.66. The molecule has 13 nitrogen and oxygen atoms in total. The Labute approximate surface area is 277 Å². The summed E-state index contributed by atoms with van der Waals surface area (Å²) in [5, 5.41) is 27.0. The van der Waals surface area contributed by atoms with Gasteiger partial charge in [0.05, 0.1) is 61.9 Å². The van der Waals surface area contributed by atoms with Crippen molar-refractivity contribution in [2.24, 2.45) is 5.92 Å². The average molecular weight is 672 g/mol. The number of likely N-dealkylation sites (N-methyl/N-ethyl adjacent to an activating group) is 1. The molecular weight excluding hydrogens is 629 g/mol. The van der Waals surface area contributed by atoms with Crippen LogP contribution in [0.15, 0.2) is 18.2 Å². The van der Waals surface area contributed by atoms with Crippen LogP contribution >= 0.6 is 0 Å². The zero-order valence-electron chi connectivity index (χ0n) is 27.5. The highest BCUT2D eigenvalue weighted by Crippen LogP contribution is 2.51. The largest absolute Gasteiger partial charge is 0.507 e. The van der Waals surface area contributed by atoms with Gasteiger partial charge in [-0.1, -0.05) is 12.1 Å². The van der Waals surface area contributed by atoms with Gasteiger partial charge in [0.1, 0.15) is 17.2 Å². The molecule has 260 valence electrons. The third kappa shape index (κ3) is 6.40. The summed E-state index contributed by atoms with van der Waals surface area (Å²) < 4.78 is 43.6. The molecule has 48 heavy (non-hydrogen) atoms. The molecule has 14 heteroatoms. The summed E-state index contributed by atoms with van der Waals surface area (Å²) in [5.74, 6) is -3.08. The van der Waals surface area contributed by atoms with Crippen LogP contribution in [0.5, 0.6) is 17.2 Å². The summed E-state index contributed by atoms with van der Waals surface area (Å²) in [7, 11) is 5.15. The molecule has 3 unspecified atom stereocenters. The van der Waals surface area contributed by atoms with Gasteiger partial charge in [-0.15, -0.1) is 9.60 Å². The predicted molar refractivity (Wildman–Crippen MR) is 168 cm³/mol. The number of fused-ring (bicyclic) bond motifs is 3. The Bertz CT molecular complexity index is 1580. The van der Waals surface area contributed by atoms with E-state index in [1.54, 1.807) is 19.1 Å². The summed E-state index contributed by atoms with van der Waals surface area (Å²) in [5.41, 5.74) is -0.337. The number of amides is 1. The van der Waals surface area contributed by atoms with Crippen molar-refractivity contribution < 1.29 is 52.8 Å². The first-order chi connectivity index (χ1) is 23.0. The maximum atomic E-state index is 14.3. The quantitative estimate of drug-likeness (QED) is 0.226. The second-order valence-corrected chi connectivity index (χ2v) is 12.9. The van der Waals surface area contributed by atoms with E-state index in [0.717, 1.165) is 0 Å². The first kappa shape index (κ1) is 34.2. The maximum absolute atomic E-state index is 14.3. The number of hydrogen-bond donors (Lipinski definition) is 3. The van der Waals surface area contributed by atoms with Gasteiger partial charge in [-0.3, -0.25) is 14.4 Å². The van der Waals surface area contributed by atoms with Crippen LogP contribution in [0.4, 0.5) is 4.48 Å². The third-order valence-corrected chi connectivity index (χ3v) is 9.51. The van der Waals surface area contributed by atoms with E-state index in [9.17, 15) is 29.1 Å². The predicted octanol–water partition coefficient (Wildman–Crippen LogP) is 2.63. The molecule has 4 aliphatic rings. The normalized spacial score (nSPS) is 27.3. The number of benzene rings is 2. The Morgan fingerprint density at radius 1 is 1.10 bits per heavy atom. The first-order valence-electron chi connectivity index (χ1n) is 16.3. The number of nitrogens with zero attached hydrogens (tertiary/aromatic N) is 2. The molecule has 2 heterocycles. The van der Waals surface area contributed by atoms with Gasteiger partial charge in [-0.05, 0) is 46.3 Å². The lowest BCUT2D eigenvalue weighted by atomic mass is 9.74. The van der Waals surface area contributed by atoms with E-state index < -0.39 is 59.8 Å². The van der Waals surface area contributed by atoms with Gasteiger partial charge in [0.25, 0.3) is 0 Å². The average Bonchev–Trinajstić information content (AvgIpc) is 3.06.